The summed E-state index contributed by atoms with van der Waals surface area (Å²) in [7, 11) is 0. The monoisotopic (exact) mass is 588 g/mol. The van der Waals surface area contributed by atoms with Crippen LogP contribution in [-0.4, -0.2) is 37.3 Å². The van der Waals surface area contributed by atoms with E-state index in [1.54, 1.807) is 0 Å². The Balaban J connectivity index is 1.59. The molecule has 41 heavy (non-hydrogen) atoms. The lowest BCUT2D eigenvalue weighted by molar-refractivity contribution is -0.385. The minimum atomic E-state index is -4.65. The quantitative estimate of drug-likeness (QED) is 0.117. The van der Waals surface area contributed by atoms with Crippen LogP contribution in [0.15, 0.2) is 71.9 Å². The van der Waals surface area contributed by atoms with Gasteiger partial charge in [0.25, 0.3) is 11.6 Å². The number of carbonyl (C=O) groups is 2. The van der Waals surface area contributed by atoms with Crippen LogP contribution in [0.5, 0.6) is 0 Å². The van der Waals surface area contributed by atoms with Crippen molar-refractivity contribution in [2.75, 3.05) is 11.1 Å². The second kappa shape index (κ2) is 12.2. The van der Waals surface area contributed by atoms with Crippen molar-refractivity contribution >= 4 is 35.0 Å². The minimum Gasteiger partial charge on any atom is -0.345 e. The summed E-state index contributed by atoms with van der Waals surface area (Å²) in [5.74, 6) is -2.20. The molecule has 0 atom stereocenters. The maximum Gasteiger partial charge on any atom is 0.416 e. The molecule has 10 nitrogen and oxygen atoms in total. The lowest BCUT2D eigenvalue weighted by Crippen LogP contribution is -2.25. The zero-order chi connectivity index (χ0) is 29.7. The fraction of sp³-hybridized carbons (Fsp3) is 0.154. The molecule has 0 aliphatic rings. The highest BCUT2D eigenvalue weighted by atomic mass is 32.2. The number of halogens is 4. The SMILES string of the molecule is Cc1ccc(C(=O)NCc2nnc(SCC(=O)Nc3ccccc3F)n2-c2cccc(C(F)(F)F)c2)cc1[N+](=O)[O-]. The maximum atomic E-state index is 13.9. The second-order valence-electron chi connectivity index (χ2n) is 8.54. The third kappa shape index (κ3) is 7.05. The van der Waals surface area contributed by atoms with Gasteiger partial charge in [-0.1, -0.05) is 36.0 Å². The molecular formula is C26H20F4N6O4S. The van der Waals surface area contributed by atoms with Crippen molar-refractivity contribution in [2.45, 2.75) is 24.8 Å². The van der Waals surface area contributed by atoms with Crippen LogP contribution in [0.25, 0.3) is 5.69 Å². The summed E-state index contributed by atoms with van der Waals surface area (Å²) >= 11 is 0.833. The van der Waals surface area contributed by atoms with Gasteiger partial charge in [0.15, 0.2) is 11.0 Å². The van der Waals surface area contributed by atoms with E-state index in [-0.39, 0.29) is 45.9 Å². The highest BCUT2D eigenvalue weighted by Gasteiger charge is 2.31. The molecule has 4 aromatic rings. The lowest BCUT2D eigenvalue weighted by Gasteiger charge is -2.13. The molecule has 1 heterocycles. The smallest absolute Gasteiger partial charge is 0.345 e. The molecule has 0 bridgehead atoms. The molecular weight excluding hydrogens is 568 g/mol. The topological polar surface area (TPSA) is 132 Å². The largest absolute Gasteiger partial charge is 0.416 e. The van der Waals surface area contributed by atoms with Gasteiger partial charge in [-0.25, -0.2) is 4.39 Å². The van der Waals surface area contributed by atoms with E-state index in [0.29, 0.717) is 5.56 Å². The molecule has 0 aliphatic heterocycles. The van der Waals surface area contributed by atoms with Crippen molar-refractivity contribution in [3.63, 3.8) is 0 Å². The number of amides is 2. The Hall–Kier alpha value is -4.79. The number of para-hydroxylation sites is 1. The molecule has 0 saturated heterocycles. The molecule has 2 amide bonds. The average Bonchev–Trinajstić information content (AvgIpc) is 3.34. The number of nitro groups is 1. The summed E-state index contributed by atoms with van der Waals surface area (Å²) in [5, 5.41) is 24.2. The van der Waals surface area contributed by atoms with Crippen LogP contribution in [0.2, 0.25) is 0 Å². The molecule has 0 saturated carbocycles. The van der Waals surface area contributed by atoms with Crippen LogP contribution in [0.1, 0.15) is 27.3 Å². The summed E-state index contributed by atoms with van der Waals surface area (Å²) < 4.78 is 55.4. The van der Waals surface area contributed by atoms with E-state index >= 15 is 0 Å². The molecule has 0 spiro atoms. The summed E-state index contributed by atoms with van der Waals surface area (Å²) in [6.45, 7) is 1.21. The van der Waals surface area contributed by atoms with Gasteiger partial charge in [-0.3, -0.25) is 24.3 Å². The zero-order valence-electron chi connectivity index (χ0n) is 21.1. The number of aromatic nitrogens is 3. The summed E-state index contributed by atoms with van der Waals surface area (Å²) in [6.07, 6.45) is -4.65. The van der Waals surface area contributed by atoms with Crippen molar-refractivity contribution < 1.29 is 32.1 Å². The number of thioether (sulfide) groups is 1. The van der Waals surface area contributed by atoms with E-state index in [2.05, 4.69) is 20.8 Å². The Morgan fingerprint density at radius 3 is 2.51 bits per heavy atom. The molecule has 15 heteroatoms. The van der Waals surface area contributed by atoms with Gasteiger partial charge in [0.1, 0.15) is 5.82 Å². The number of aryl methyl sites for hydroxylation is 1. The average molecular weight is 589 g/mol. The molecule has 0 unspecified atom stereocenters. The van der Waals surface area contributed by atoms with Crippen LogP contribution in [0.4, 0.5) is 28.9 Å². The van der Waals surface area contributed by atoms with E-state index in [9.17, 15) is 37.3 Å². The number of hydrogen-bond donors (Lipinski definition) is 2. The Kier molecular flexibility index (Phi) is 8.66. The Bertz CT molecular complexity index is 1630. The fourth-order valence-corrected chi connectivity index (χ4v) is 4.45. The van der Waals surface area contributed by atoms with Gasteiger partial charge in [0, 0.05) is 17.2 Å². The van der Waals surface area contributed by atoms with Gasteiger partial charge >= 0.3 is 6.18 Å². The van der Waals surface area contributed by atoms with Gasteiger partial charge in [0.05, 0.1) is 34.2 Å². The fourth-order valence-electron chi connectivity index (χ4n) is 3.68. The standard InChI is InChI=1S/C26H20F4N6O4S/c1-15-9-10-16(11-21(15)36(39)40)24(38)31-13-22-33-34-25(35(22)18-6-4-5-17(12-18)26(28,29)30)41-14-23(37)32-20-8-3-2-7-19(20)27/h2-12H,13-14H2,1H3,(H,31,38)(H,32,37). The first-order chi connectivity index (χ1) is 19.4. The predicted octanol–water partition coefficient (Wildman–Crippen LogP) is 5.30. The summed E-state index contributed by atoms with van der Waals surface area (Å²) in [6, 6.07) is 13.7. The molecule has 1 aromatic heterocycles. The minimum absolute atomic E-state index is 0.00755. The highest BCUT2D eigenvalue weighted by Crippen LogP contribution is 2.32. The number of nitrogens with zero attached hydrogens (tertiary/aromatic N) is 4. The van der Waals surface area contributed by atoms with Gasteiger partial charge in [-0.15, -0.1) is 10.2 Å². The van der Waals surface area contributed by atoms with Gasteiger partial charge in [0.2, 0.25) is 5.91 Å². The van der Waals surface area contributed by atoms with Crippen molar-refractivity contribution in [3.05, 3.63) is 105 Å². The summed E-state index contributed by atoms with van der Waals surface area (Å²) in [4.78, 5) is 35.8. The third-order valence-corrected chi connectivity index (χ3v) is 6.62. The van der Waals surface area contributed by atoms with Crippen LogP contribution in [0.3, 0.4) is 0 Å². The molecule has 0 radical (unpaired) electrons. The van der Waals surface area contributed by atoms with E-state index in [1.165, 1.54) is 60.0 Å². The van der Waals surface area contributed by atoms with E-state index in [1.807, 2.05) is 0 Å². The Morgan fingerprint density at radius 1 is 1.05 bits per heavy atom. The Labute approximate surface area is 233 Å². The van der Waals surface area contributed by atoms with Crippen LogP contribution in [-0.2, 0) is 17.5 Å². The Morgan fingerprint density at radius 2 is 1.80 bits per heavy atom. The summed E-state index contributed by atoms with van der Waals surface area (Å²) in [5.41, 5.74) is -0.881. The van der Waals surface area contributed by atoms with Crippen molar-refractivity contribution in [3.8, 4) is 5.69 Å². The molecule has 0 aliphatic carbocycles. The van der Waals surface area contributed by atoms with Gasteiger partial charge < -0.3 is 10.6 Å². The zero-order valence-corrected chi connectivity index (χ0v) is 21.9. The lowest BCUT2D eigenvalue weighted by atomic mass is 10.1. The first-order valence-corrected chi connectivity index (χ1v) is 12.7. The van der Waals surface area contributed by atoms with Crippen LogP contribution in [0, 0.1) is 22.9 Å². The van der Waals surface area contributed by atoms with Crippen molar-refractivity contribution in [1.29, 1.82) is 0 Å². The number of anilines is 1. The highest BCUT2D eigenvalue weighted by molar-refractivity contribution is 7.99. The number of nitro benzene ring substituents is 1. The maximum absolute atomic E-state index is 13.9. The molecule has 4 rings (SSSR count). The van der Waals surface area contributed by atoms with Gasteiger partial charge in [-0.2, -0.15) is 13.2 Å². The second-order valence-corrected chi connectivity index (χ2v) is 9.48. The number of carbonyl (C=O) groups excluding carboxylic acids is 2. The van der Waals surface area contributed by atoms with Crippen LogP contribution >= 0.6 is 11.8 Å². The molecule has 2 N–H and O–H groups in total. The van der Waals surface area contributed by atoms with Crippen LogP contribution < -0.4 is 10.6 Å². The van der Waals surface area contributed by atoms with Crippen molar-refractivity contribution in [1.82, 2.24) is 20.1 Å². The number of alkyl halides is 3. The van der Waals surface area contributed by atoms with E-state index in [0.717, 1.165) is 30.0 Å². The normalized spacial score (nSPS) is 11.2. The van der Waals surface area contributed by atoms with E-state index in [4.69, 9.17) is 0 Å². The van der Waals surface area contributed by atoms with E-state index < -0.39 is 34.3 Å². The number of nitrogens with one attached hydrogen (secondary N) is 2. The molecule has 3 aromatic carbocycles. The third-order valence-electron chi connectivity index (χ3n) is 5.69. The predicted molar refractivity (Wildman–Crippen MR) is 141 cm³/mol. The number of benzene rings is 3. The number of rotatable bonds is 9. The first kappa shape index (κ1) is 29.2. The molecule has 0 fully saturated rings. The van der Waals surface area contributed by atoms with Gasteiger partial charge in [-0.05, 0) is 43.3 Å². The molecule has 212 valence electrons. The first-order valence-electron chi connectivity index (χ1n) is 11.8. The van der Waals surface area contributed by atoms with Crippen molar-refractivity contribution in [2.24, 2.45) is 0 Å². The number of hydrogen-bond acceptors (Lipinski definition) is 7.